The van der Waals surface area contributed by atoms with Crippen molar-refractivity contribution in [2.45, 2.75) is 44.7 Å². The molecule has 2 nitrogen and oxygen atoms in total. The maximum Gasteiger partial charge on any atom is 0.140 e. The van der Waals surface area contributed by atoms with E-state index < -0.39 is 5.82 Å². The monoisotopic (exact) mass is 232 g/mol. The van der Waals surface area contributed by atoms with Crippen molar-refractivity contribution in [1.29, 1.82) is 5.26 Å². The Hall–Kier alpha value is -1.40. The number of halogens is 1. The van der Waals surface area contributed by atoms with Gasteiger partial charge in [-0.05, 0) is 43.4 Å². The second kappa shape index (κ2) is 4.85. The van der Waals surface area contributed by atoms with E-state index in [1.165, 1.54) is 25.3 Å². The molecule has 0 atom stereocenters. The van der Waals surface area contributed by atoms with Gasteiger partial charge in [-0.3, -0.25) is 0 Å². The Labute approximate surface area is 101 Å². The Morgan fingerprint density at radius 3 is 2.76 bits per heavy atom. The average Bonchev–Trinajstić information content (AvgIpc) is 2.30. The number of rotatable bonds is 4. The summed E-state index contributed by atoms with van der Waals surface area (Å²) >= 11 is 0. The third kappa shape index (κ3) is 2.48. The molecule has 1 aliphatic carbocycles. The zero-order valence-corrected chi connectivity index (χ0v) is 10.1. The van der Waals surface area contributed by atoms with Crippen LogP contribution in [0, 0.1) is 17.1 Å². The Bertz CT molecular complexity index is 439. The van der Waals surface area contributed by atoms with Crippen molar-refractivity contribution in [1.82, 2.24) is 5.32 Å². The summed E-state index contributed by atoms with van der Waals surface area (Å²) in [5.74, 6) is -0.440. The Morgan fingerprint density at radius 1 is 1.47 bits per heavy atom. The molecule has 1 fully saturated rings. The van der Waals surface area contributed by atoms with Crippen LogP contribution in [-0.4, -0.2) is 5.54 Å². The van der Waals surface area contributed by atoms with Crippen molar-refractivity contribution in [2.24, 2.45) is 0 Å². The van der Waals surface area contributed by atoms with Crippen LogP contribution in [0.5, 0.6) is 0 Å². The van der Waals surface area contributed by atoms with Gasteiger partial charge in [0.2, 0.25) is 0 Å². The van der Waals surface area contributed by atoms with Gasteiger partial charge in [0, 0.05) is 12.1 Å². The van der Waals surface area contributed by atoms with Gasteiger partial charge in [0.15, 0.2) is 0 Å². The van der Waals surface area contributed by atoms with Crippen LogP contribution in [0.1, 0.15) is 43.7 Å². The van der Waals surface area contributed by atoms with Crippen molar-refractivity contribution in [2.75, 3.05) is 0 Å². The molecule has 90 valence electrons. The van der Waals surface area contributed by atoms with Gasteiger partial charge in [-0.15, -0.1) is 0 Å². The molecule has 0 spiro atoms. The highest BCUT2D eigenvalue weighted by molar-refractivity contribution is 5.34. The van der Waals surface area contributed by atoms with Gasteiger partial charge in [-0.2, -0.15) is 5.26 Å². The third-order valence-corrected chi connectivity index (χ3v) is 3.81. The quantitative estimate of drug-likeness (QED) is 0.865. The number of benzene rings is 1. The van der Waals surface area contributed by atoms with E-state index in [9.17, 15) is 4.39 Å². The molecule has 17 heavy (non-hydrogen) atoms. The van der Waals surface area contributed by atoms with Crippen LogP contribution in [0.15, 0.2) is 18.2 Å². The fraction of sp³-hybridized carbons (Fsp3) is 0.500. The lowest BCUT2D eigenvalue weighted by molar-refractivity contribution is 0.175. The van der Waals surface area contributed by atoms with Gasteiger partial charge in [0.1, 0.15) is 11.9 Å². The van der Waals surface area contributed by atoms with Gasteiger partial charge >= 0.3 is 0 Å². The molecule has 1 saturated carbocycles. The lowest BCUT2D eigenvalue weighted by atomic mass is 9.75. The van der Waals surface area contributed by atoms with Crippen LogP contribution in [0.2, 0.25) is 0 Å². The standard InChI is InChI=1S/C14H17FN2/c1-2-14(6-3-7-14)17-10-11-4-5-13(15)12(8-11)9-16/h4-5,8,17H,2-3,6-7,10H2,1H3. The molecule has 0 bridgehead atoms. The van der Waals surface area contributed by atoms with E-state index in [-0.39, 0.29) is 11.1 Å². The fourth-order valence-corrected chi connectivity index (χ4v) is 2.32. The molecule has 2 rings (SSSR count). The number of hydrogen-bond acceptors (Lipinski definition) is 2. The van der Waals surface area contributed by atoms with Gasteiger partial charge in [-0.1, -0.05) is 13.0 Å². The smallest absolute Gasteiger partial charge is 0.140 e. The topological polar surface area (TPSA) is 35.8 Å². The van der Waals surface area contributed by atoms with Crippen LogP contribution in [-0.2, 0) is 6.54 Å². The lowest BCUT2D eigenvalue weighted by Gasteiger charge is -2.42. The van der Waals surface area contributed by atoms with Crippen molar-refractivity contribution < 1.29 is 4.39 Å². The van der Waals surface area contributed by atoms with Crippen molar-refractivity contribution in [3.8, 4) is 6.07 Å². The highest BCUT2D eigenvalue weighted by atomic mass is 19.1. The Morgan fingerprint density at radius 2 is 2.24 bits per heavy atom. The maximum atomic E-state index is 13.1. The molecule has 0 unspecified atom stereocenters. The summed E-state index contributed by atoms with van der Waals surface area (Å²) < 4.78 is 13.1. The fourth-order valence-electron chi connectivity index (χ4n) is 2.32. The van der Waals surface area contributed by atoms with E-state index in [1.807, 2.05) is 6.07 Å². The molecular weight excluding hydrogens is 215 g/mol. The molecule has 1 aromatic rings. The lowest BCUT2D eigenvalue weighted by Crippen LogP contribution is -2.49. The van der Waals surface area contributed by atoms with Gasteiger partial charge in [-0.25, -0.2) is 4.39 Å². The highest BCUT2D eigenvalue weighted by Gasteiger charge is 2.34. The summed E-state index contributed by atoms with van der Waals surface area (Å²) in [6, 6.07) is 6.61. The van der Waals surface area contributed by atoms with E-state index in [0.29, 0.717) is 6.54 Å². The first-order valence-electron chi connectivity index (χ1n) is 6.13. The van der Waals surface area contributed by atoms with Crippen LogP contribution in [0.25, 0.3) is 0 Å². The predicted octanol–water partition coefficient (Wildman–Crippen LogP) is 3.12. The van der Waals surface area contributed by atoms with Crippen molar-refractivity contribution in [3.63, 3.8) is 0 Å². The van der Waals surface area contributed by atoms with Crippen LogP contribution < -0.4 is 5.32 Å². The summed E-state index contributed by atoms with van der Waals surface area (Å²) in [5.41, 5.74) is 1.38. The summed E-state index contributed by atoms with van der Waals surface area (Å²) in [6.45, 7) is 2.90. The zero-order valence-electron chi connectivity index (χ0n) is 10.1. The molecule has 1 aliphatic rings. The van der Waals surface area contributed by atoms with E-state index in [2.05, 4.69) is 12.2 Å². The first-order valence-corrected chi connectivity index (χ1v) is 6.13. The van der Waals surface area contributed by atoms with E-state index >= 15 is 0 Å². The minimum Gasteiger partial charge on any atom is -0.307 e. The first kappa shape index (κ1) is 12.1. The Kier molecular flexibility index (Phi) is 3.44. The minimum absolute atomic E-state index is 0.128. The number of nitriles is 1. The van der Waals surface area contributed by atoms with Gasteiger partial charge < -0.3 is 5.32 Å². The summed E-state index contributed by atoms with van der Waals surface area (Å²) in [7, 11) is 0. The molecule has 3 heteroatoms. The zero-order chi connectivity index (χ0) is 12.3. The van der Waals surface area contributed by atoms with Crippen molar-refractivity contribution >= 4 is 0 Å². The molecule has 1 aromatic carbocycles. The molecule has 1 N–H and O–H groups in total. The Balaban J connectivity index is 2.02. The largest absolute Gasteiger partial charge is 0.307 e. The summed E-state index contributed by atoms with van der Waals surface area (Å²) in [6.07, 6.45) is 4.85. The predicted molar refractivity (Wildman–Crippen MR) is 64.8 cm³/mol. The summed E-state index contributed by atoms with van der Waals surface area (Å²) in [4.78, 5) is 0. The normalized spacial score (nSPS) is 17.2. The molecular formula is C14H17FN2. The minimum atomic E-state index is -0.440. The molecule has 0 aliphatic heterocycles. The molecule has 0 aromatic heterocycles. The van der Waals surface area contributed by atoms with E-state index in [1.54, 1.807) is 12.1 Å². The second-order valence-electron chi connectivity index (χ2n) is 4.77. The number of hydrogen-bond donors (Lipinski definition) is 1. The molecule has 0 heterocycles. The third-order valence-electron chi connectivity index (χ3n) is 3.81. The maximum absolute atomic E-state index is 13.1. The molecule has 0 amide bonds. The number of nitrogens with one attached hydrogen (secondary N) is 1. The number of nitrogens with zero attached hydrogens (tertiary/aromatic N) is 1. The van der Waals surface area contributed by atoms with Crippen LogP contribution in [0.4, 0.5) is 4.39 Å². The SMILES string of the molecule is CCC1(NCc2ccc(F)c(C#N)c2)CCC1. The van der Waals surface area contributed by atoms with Crippen LogP contribution >= 0.6 is 0 Å². The van der Waals surface area contributed by atoms with Crippen molar-refractivity contribution in [3.05, 3.63) is 35.1 Å². The first-order chi connectivity index (χ1) is 8.19. The van der Waals surface area contributed by atoms with E-state index in [4.69, 9.17) is 5.26 Å². The van der Waals surface area contributed by atoms with Gasteiger partial charge in [0.25, 0.3) is 0 Å². The van der Waals surface area contributed by atoms with Gasteiger partial charge in [0.05, 0.1) is 5.56 Å². The molecule has 0 saturated heterocycles. The summed E-state index contributed by atoms with van der Waals surface area (Å²) in [5, 5.41) is 12.3. The average molecular weight is 232 g/mol. The van der Waals surface area contributed by atoms with Crippen LogP contribution in [0.3, 0.4) is 0 Å². The molecule has 0 radical (unpaired) electrons. The highest BCUT2D eigenvalue weighted by Crippen LogP contribution is 2.34. The second-order valence-corrected chi connectivity index (χ2v) is 4.77. The van der Waals surface area contributed by atoms with E-state index in [0.717, 1.165) is 12.0 Å².